The van der Waals surface area contributed by atoms with Gasteiger partial charge in [0.05, 0.1) is 17.7 Å². The van der Waals surface area contributed by atoms with Gasteiger partial charge in [0.25, 0.3) is 0 Å². The average molecular weight is 275 g/mol. The second-order valence-corrected chi connectivity index (χ2v) is 4.98. The van der Waals surface area contributed by atoms with Gasteiger partial charge >= 0.3 is 0 Å². The summed E-state index contributed by atoms with van der Waals surface area (Å²) in [6.07, 6.45) is 3.11. The van der Waals surface area contributed by atoms with Crippen molar-refractivity contribution in [2.75, 3.05) is 5.73 Å². The van der Waals surface area contributed by atoms with Crippen molar-refractivity contribution < 1.29 is 0 Å². The molecular formula is C11H13N7S. The first-order valence-electron chi connectivity index (χ1n) is 5.85. The van der Waals surface area contributed by atoms with Crippen molar-refractivity contribution in [3.8, 4) is 0 Å². The molecule has 19 heavy (non-hydrogen) atoms. The van der Waals surface area contributed by atoms with Gasteiger partial charge in [0.2, 0.25) is 0 Å². The molecule has 7 nitrogen and oxygen atoms in total. The first-order chi connectivity index (χ1) is 9.20. The lowest BCUT2D eigenvalue weighted by Crippen LogP contribution is -1.99. The molecule has 0 aliphatic heterocycles. The molecule has 0 bridgehead atoms. The molecule has 0 amide bonds. The van der Waals surface area contributed by atoms with Crippen LogP contribution >= 0.6 is 11.8 Å². The molecule has 0 saturated heterocycles. The molecule has 0 saturated carbocycles. The second-order valence-electron chi connectivity index (χ2n) is 4.00. The lowest BCUT2D eigenvalue weighted by Gasteiger charge is -2.05. The summed E-state index contributed by atoms with van der Waals surface area (Å²) in [6.45, 7) is 4.69. The summed E-state index contributed by atoms with van der Waals surface area (Å²) in [5, 5.41) is 6.09. The minimum atomic E-state index is 0.648. The van der Waals surface area contributed by atoms with E-state index in [1.807, 2.05) is 18.5 Å². The number of nitrogens with two attached hydrogens (primary N) is 1. The van der Waals surface area contributed by atoms with Crippen molar-refractivity contribution in [1.82, 2.24) is 29.7 Å². The fourth-order valence-electron chi connectivity index (χ4n) is 1.81. The van der Waals surface area contributed by atoms with Crippen LogP contribution in [-0.4, -0.2) is 29.7 Å². The van der Waals surface area contributed by atoms with E-state index >= 15 is 0 Å². The highest BCUT2D eigenvalue weighted by atomic mass is 32.2. The third kappa shape index (κ3) is 1.93. The summed E-state index contributed by atoms with van der Waals surface area (Å²) in [5.41, 5.74) is 9.06. The first-order valence-corrected chi connectivity index (χ1v) is 6.67. The Morgan fingerprint density at radius 2 is 2.21 bits per heavy atom. The lowest BCUT2D eigenvalue weighted by atomic mass is 10.4. The van der Waals surface area contributed by atoms with E-state index in [4.69, 9.17) is 5.73 Å². The third-order valence-electron chi connectivity index (χ3n) is 2.81. The van der Waals surface area contributed by atoms with Crippen LogP contribution in [0.25, 0.3) is 11.2 Å². The number of nitrogen functional groups attached to an aromatic ring is 1. The molecule has 0 unspecified atom stereocenters. The number of hydrogen-bond donors (Lipinski definition) is 2. The predicted octanol–water partition coefficient (Wildman–Crippen LogP) is 1.61. The number of aromatic nitrogens is 6. The number of aromatic amines is 1. The maximum absolute atomic E-state index is 6.07. The average Bonchev–Trinajstić information content (AvgIpc) is 2.99. The molecule has 0 aliphatic carbocycles. The fraction of sp³-hybridized carbons (Fsp3) is 0.273. The molecule has 0 aliphatic rings. The molecule has 8 heteroatoms. The summed E-state index contributed by atoms with van der Waals surface area (Å²) >= 11 is 1.47. The Morgan fingerprint density at radius 1 is 1.37 bits per heavy atom. The van der Waals surface area contributed by atoms with E-state index in [-0.39, 0.29) is 0 Å². The van der Waals surface area contributed by atoms with Crippen LogP contribution in [0.5, 0.6) is 0 Å². The minimum absolute atomic E-state index is 0.648. The van der Waals surface area contributed by atoms with Crippen molar-refractivity contribution in [1.29, 1.82) is 0 Å². The van der Waals surface area contributed by atoms with E-state index in [2.05, 4.69) is 25.0 Å². The number of H-pyrrole nitrogens is 1. The molecule has 0 radical (unpaired) electrons. The number of hydrogen-bond acceptors (Lipinski definition) is 6. The SMILES string of the molecule is CCn1nc(C)c(N)c1Sc1ncnc2nc[nH]c12. The number of rotatable bonds is 3. The van der Waals surface area contributed by atoms with Crippen LogP contribution in [0.15, 0.2) is 22.7 Å². The van der Waals surface area contributed by atoms with Crippen LogP contribution in [0.4, 0.5) is 5.69 Å². The maximum atomic E-state index is 6.07. The number of nitrogens with one attached hydrogen (secondary N) is 1. The van der Waals surface area contributed by atoms with Gasteiger partial charge in [-0.1, -0.05) is 0 Å². The van der Waals surface area contributed by atoms with Gasteiger partial charge in [0.1, 0.15) is 21.9 Å². The highest BCUT2D eigenvalue weighted by Crippen LogP contribution is 2.34. The summed E-state index contributed by atoms with van der Waals surface area (Å²) in [5.74, 6) is 0. The molecule has 0 fully saturated rings. The summed E-state index contributed by atoms with van der Waals surface area (Å²) in [4.78, 5) is 15.5. The van der Waals surface area contributed by atoms with E-state index in [0.717, 1.165) is 27.8 Å². The van der Waals surface area contributed by atoms with Crippen molar-refractivity contribution in [2.24, 2.45) is 0 Å². The molecule has 3 heterocycles. The Kier molecular flexibility index (Phi) is 2.86. The van der Waals surface area contributed by atoms with Gasteiger partial charge in [-0.05, 0) is 25.6 Å². The number of nitrogens with zero attached hydrogens (tertiary/aromatic N) is 5. The van der Waals surface area contributed by atoms with Gasteiger partial charge in [0, 0.05) is 6.54 Å². The van der Waals surface area contributed by atoms with Crippen LogP contribution in [0, 0.1) is 6.92 Å². The van der Waals surface area contributed by atoms with E-state index in [1.54, 1.807) is 6.33 Å². The normalized spacial score (nSPS) is 11.3. The molecule has 3 aromatic heterocycles. The monoisotopic (exact) mass is 275 g/mol. The predicted molar refractivity (Wildman–Crippen MR) is 72.9 cm³/mol. The Balaban J connectivity index is 2.08. The van der Waals surface area contributed by atoms with Crippen molar-refractivity contribution >= 4 is 28.6 Å². The molecule has 3 aromatic rings. The number of anilines is 1. The van der Waals surface area contributed by atoms with Crippen molar-refractivity contribution in [3.05, 3.63) is 18.3 Å². The van der Waals surface area contributed by atoms with Crippen molar-refractivity contribution in [2.45, 2.75) is 30.4 Å². The van der Waals surface area contributed by atoms with E-state index in [0.29, 0.717) is 11.3 Å². The highest BCUT2D eigenvalue weighted by molar-refractivity contribution is 7.99. The topological polar surface area (TPSA) is 98.3 Å². The quantitative estimate of drug-likeness (QED) is 0.705. The summed E-state index contributed by atoms with van der Waals surface area (Å²) in [6, 6.07) is 0. The maximum Gasteiger partial charge on any atom is 0.181 e. The second kappa shape index (κ2) is 4.54. The van der Waals surface area contributed by atoms with Gasteiger partial charge in [-0.2, -0.15) is 5.10 Å². The zero-order valence-corrected chi connectivity index (χ0v) is 11.4. The van der Waals surface area contributed by atoms with Crippen LogP contribution in [0.3, 0.4) is 0 Å². The zero-order valence-electron chi connectivity index (χ0n) is 10.6. The Hall–Kier alpha value is -2.09. The molecule has 3 N–H and O–H groups in total. The molecule has 0 spiro atoms. The summed E-state index contributed by atoms with van der Waals surface area (Å²) in [7, 11) is 0. The zero-order chi connectivity index (χ0) is 13.4. The lowest BCUT2D eigenvalue weighted by molar-refractivity contribution is 0.602. The Bertz CT molecular complexity index is 730. The molecule has 3 rings (SSSR count). The van der Waals surface area contributed by atoms with Crippen LogP contribution < -0.4 is 5.73 Å². The van der Waals surface area contributed by atoms with Gasteiger partial charge in [0.15, 0.2) is 5.65 Å². The van der Waals surface area contributed by atoms with Gasteiger partial charge in [-0.25, -0.2) is 15.0 Å². The highest BCUT2D eigenvalue weighted by Gasteiger charge is 2.16. The number of fused-ring (bicyclic) bond motifs is 1. The van der Waals surface area contributed by atoms with E-state index in [1.165, 1.54) is 18.1 Å². The van der Waals surface area contributed by atoms with Gasteiger partial charge in [-0.3, -0.25) is 4.68 Å². The van der Waals surface area contributed by atoms with E-state index in [9.17, 15) is 0 Å². The number of imidazole rings is 1. The van der Waals surface area contributed by atoms with E-state index < -0.39 is 0 Å². The van der Waals surface area contributed by atoms with Gasteiger partial charge in [-0.15, -0.1) is 0 Å². The smallest absolute Gasteiger partial charge is 0.181 e. The molecular weight excluding hydrogens is 262 g/mol. The minimum Gasteiger partial charge on any atom is -0.395 e. The first kappa shape index (κ1) is 12.0. The Labute approximate surface area is 113 Å². The van der Waals surface area contributed by atoms with Crippen LogP contribution in [0.1, 0.15) is 12.6 Å². The fourth-order valence-corrected chi connectivity index (χ4v) is 2.88. The molecule has 0 atom stereocenters. The van der Waals surface area contributed by atoms with Gasteiger partial charge < -0.3 is 10.7 Å². The third-order valence-corrected chi connectivity index (χ3v) is 3.93. The van der Waals surface area contributed by atoms with Crippen LogP contribution in [-0.2, 0) is 6.54 Å². The Morgan fingerprint density at radius 3 is 3.00 bits per heavy atom. The largest absolute Gasteiger partial charge is 0.395 e. The number of aryl methyl sites for hydroxylation is 2. The standard InChI is InChI=1S/C11H13N7S/c1-3-18-11(7(12)6(2)17-18)19-10-8-9(14-4-13-8)15-5-16-10/h4-5H,3,12H2,1-2H3,(H,13,14,15,16). The molecule has 98 valence electrons. The summed E-state index contributed by atoms with van der Waals surface area (Å²) < 4.78 is 1.87. The molecule has 0 aromatic carbocycles. The van der Waals surface area contributed by atoms with Crippen LogP contribution in [0.2, 0.25) is 0 Å². The van der Waals surface area contributed by atoms with Crippen molar-refractivity contribution in [3.63, 3.8) is 0 Å².